The number of nitrogens with zero attached hydrogens (tertiary/aromatic N) is 2. The van der Waals surface area contributed by atoms with Crippen LogP contribution in [0.3, 0.4) is 0 Å². The summed E-state index contributed by atoms with van der Waals surface area (Å²) in [6.07, 6.45) is 2.78. The van der Waals surface area contributed by atoms with E-state index < -0.39 is 0 Å². The molecule has 0 bridgehead atoms. The van der Waals surface area contributed by atoms with E-state index in [1.165, 1.54) is 4.68 Å². The summed E-state index contributed by atoms with van der Waals surface area (Å²) in [6, 6.07) is 6.99. The van der Waals surface area contributed by atoms with Crippen LogP contribution in [0.4, 0.5) is 0 Å². The number of thioether (sulfide) groups is 1. The number of carbonyl (C=O) groups excluding carboxylic acids is 1. The molecule has 0 fully saturated rings. The van der Waals surface area contributed by atoms with Crippen molar-refractivity contribution in [3.05, 3.63) is 40.3 Å². The van der Waals surface area contributed by atoms with Crippen LogP contribution in [-0.2, 0) is 17.8 Å². The van der Waals surface area contributed by atoms with Crippen molar-refractivity contribution in [1.82, 2.24) is 15.1 Å². The summed E-state index contributed by atoms with van der Waals surface area (Å²) >= 11 is 1.67. The Morgan fingerprint density at radius 2 is 2.00 bits per heavy atom. The van der Waals surface area contributed by atoms with Crippen molar-refractivity contribution >= 4 is 28.4 Å². The van der Waals surface area contributed by atoms with E-state index in [0.29, 0.717) is 29.4 Å². The predicted molar refractivity (Wildman–Crippen MR) is 107 cm³/mol. The topological polar surface area (TPSA) is 84.2 Å². The summed E-state index contributed by atoms with van der Waals surface area (Å²) in [5, 5.41) is 18.0. The fourth-order valence-electron chi connectivity index (χ4n) is 2.81. The molecule has 1 aromatic heterocycles. The van der Waals surface area contributed by atoms with Gasteiger partial charge in [0.05, 0.1) is 30.1 Å². The maximum atomic E-state index is 12.6. The highest BCUT2D eigenvalue weighted by Gasteiger charge is 2.16. The lowest BCUT2D eigenvalue weighted by Gasteiger charge is -2.16. The number of aliphatic hydroxyl groups excluding tert-OH is 1. The van der Waals surface area contributed by atoms with E-state index in [-0.39, 0.29) is 36.5 Å². The van der Waals surface area contributed by atoms with Gasteiger partial charge in [0.25, 0.3) is 5.56 Å². The summed E-state index contributed by atoms with van der Waals surface area (Å²) in [5.41, 5.74) is 0.451. The number of aromatic nitrogens is 2. The first-order valence-electron chi connectivity index (χ1n) is 8.84. The lowest BCUT2D eigenvalue weighted by Crippen LogP contribution is -2.39. The van der Waals surface area contributed by atoms with Crippen molar-refractivity contribution in [2.24, 2.45) is 5.92 Å². The van der Waals surface area contributed by atoms with Gasteiger partial charge in [-0.3, -0.25) is 9.59 Å². The molecule has 0 aliphatic carbocycles. The first-order valence-corrected chi connectivity index (χ1v) is 10.2. The number of hydrogen-bond donors (Lipinski definition) is 2. The molecule has 6 nitrogen and oxygen atoms in total. The molecule has 0 aliphatic rings. The highest BCUT2D eigenvalue weighted by Crippen LogP contribution is 2.14. The minimum atomic E-state index is -0.261. The quantitative estimate of drug-likeness (QED) is 0.696. The van der Waals surface area contributed by atoms with E-state index in [9.17, 15) is 14.7 Å². The molecule has 0 saturated carbocycles. The van der Waals surface area contributed by atoms with Gasteiger partial charge >= 0.3 is 0 Å². The van der Waals surface area contributed by atoms with Gasteiger partial charge in [0, 0.05) is 11.9 Å². The van der Waals surface area contributed by atoms with Gasteiger partial charge in [-0.15, -0.1) is 0 Å². The minimum Gasteiger partial charge on any atom is -0.394 e. The van der Waals surface area contributed by atoms with Crippen molar-refractivity contribution in [2.45, 2.75) is 39.3 Å². The molecule has 142 valence electrons. The molecule has 0 saturated heterocycles. The zero-order chi connectivity index (χ0) is 19.1. The molecule has 1 heterocycles. The predicted octanol–water partition coefficient (Wildman–Crippen LogP) is 1.83. The van der Waals surface area contributed by atoms with E-state index in [1.807, 2.05) is 38.3 Å². The maximum absolute atomic E-state index is 12.6. The molecule has 0 radical (unpaired) electrons. The van der Waals surface area contributed by atoms with Gasteiger partial charge in [-0.2, -0.15) is 16.9 Å². The summed E-state index contributed by atoms with van der Waals surface area (Å²) in [7, 11) is 0. The number of carbonyl (C=O) groups is 1. The minimum absolute atomic E-state index is 0.0780. The van der Waals surface area contributed by atoms with Gasteiger partial charge in [-0.05, 0) is 30.4 Å². The Balaban J connectivity index is 2.29. The van der Waals surface area contributed by atoms with Gasteiger partial charge in [-0.1, -0.05) is 32.0 Å². The van der Waals surface area contributed by atoms with E-state index in [0.717, 1.165) is 5.75 Å². The van der Waals surface area contributed by atoms with Crippen LogP contribution in [0, 0.1) is 5.92 Å². The van der Waals surface area contributed by atoms with Crippen LogP contribution < -0.4 is 10.9 Å². The summed E-state index contributed by atoms with van der Waals surface area (Å²) in [4.78, 5) is 25.1. The Kier molecular flexibility index (Phi) is 7.66. The van der Waals surface area contributed by atoms with Gasteiger partial charge in [0.1, 0.15) is 0 Å². The van der Waals surface area contributed by atoms with Crippen LogP contribution in [-0.4, -0.2) is 45.5 Å². The number of amides is 1. The molecule has 2 aromatic rings. The SMILES string of the molecule is CSCC[C@@H](CO)NC(=O)Cc1nn(CC(C)C)c(=O)c2ccccc12. The van der Waals surface area contributed by atoms with Crippen LogP contribution >= 0.6 is 11.8 Å². The molecule has 0 aliphatic heterocycles. The van der Waals surface area contributed by atoms with Crippen molar-refractivity contribution in [1.29, 1.82) is 0 Å². The highest BCUT2D eigenvalue weighted by molar-refractivity contribution is 7.98. The average Bonchev–Trinajstić information content (AvgIpc) is 2.62. The van der Waals surface area contributed by atoms with E-state index >= 15 is 0 Å². The Hall–Kier alpha value is -1.86. The van der Waals surface area contributed by atoms with Crippen molar-refractivity contribution < 1.29 is 9.90 Å². The van der Waals surface area contributed by atoms with Gasteiger partial charge < -0.3 is 10.4 Å². The Morgan fingerprint density at radius 1 is 1.31 bits per heavy atom. The first-order chi connectivity index (χ1) is 12.5. The lowest BCUT2D eigenvalue weighted by atomic mass is 10.1. The lowest BCUT2D eigenvalue weighted by molar-refractivity contribution is -0.121. The van der Waals surface area contributed by atoms with Gasteiger partial charge in [0.2, 0.25) is 5.91 Å². The summed E-state index contributed by atoms with van der Waals surface area (Å²) in [6.45, 7) is 4.46. The highest BCUT2D eigenvalue weighted by atomic mass is 32.2. The fourth-order valence-corrected chi connectivity index (χ4v) is 3.33. The molecular weight excluding hydrogens is 350 g/mol. The van der Waals surface area contributed by atoms with E-state index in [2.05, 4.69) is 10.4 Å². The molecule has 26 heavy (non-hydrogen) atoms. The number of nitrogens with one attached hydrogen (secondary N) is 1. The second kappa shape index (κ2) is 9.73. The van der Waals surface area contributed by atoms with E-state index in [1.54, 1.807) is 17.8 Å². The first kappa shape index (κ1) is 20.5. The zero-order valence-electron chi connectivity index (χ0n) is 15.6. The zero-order valence-corrected chi connectivity index (χ0v) is 16.4. The van der Waals surface area contributed by atoms with Crippen LogP contribution in [0.5, 0.6) is 0 Å². The Bertz CT molecular complexity index is 804. The number of fused-ring (bicyclic) bond motifs is 1. The summed E-state index contributed by atoms with van der Waals surface area (Å²) in [5.74, 6) is 0.942. The molecule has 1 amide bonds. The van der Waals surface area contributed by atoms with Crippen LogP contribution in [0.25, 0.3) is 10.8 Å². The third kappa shape index (κ3) is 5.32. The Morgan fingerprint density at radius 3 is 2.62 bits per heavy atom. The van der Waals surface area contributed by atoms with Crippen molar-refractivity contribution in [3.63, 3.8) is 0 Å². The number of hydrogen-bond acceptors (Lipinski definition) is 5. The average molecular weight is 378 g/mol. The molecule has 1 atom stereocenters. The van der Waals surface area contributed by atoms with Crippen molar-refractivity contribution in [3.8, 4) is 0 Å². The molecule has 1 aromatic carbocycles. The Labute approximate surface area is 158 Å². The van der Waals surface area contributed by atoms with Crippen LogP contribution in [0.1, 0.15) is 26.0 Å². The van der Waals surface area contributed by atoms with Gasteiger partial charge in [0.15, 0.2) is 0 Å². The molecular formula is C19H27N3O3S. The van der Waals surface area contributed by atoms with E-state index in [4.69, 9.17) is 0 Å². The van der Waals surface area contributed by atoms with Crippen LogP contribution in [0.2, 0.25) is 0 Å². The smallest absolute Gasteiger partial charge is 0.274 e. The fraction of sp³-hybridized carbons (Fsp3) is 0.526. The second-order valence-corrected chi connectivity index (χ2v) is 7.76. The van der Waals surface area contributed by atoms with Crippen molar-refractivity contribution in [2.75, 3.05) is 18.6 Å². The standard InChI is InChI=1S/C19H27N3O3S/c1-13(2)11-22-19(25)16-7-5-4-6-15(16)17(21-22)10-18(24)20-14(12-23)8-9-26-3/h4-7,13-14,23H,8-12H2,1-3H3,(H,20,24)/t14-/m0/s1. The third-order valence-corrected chi connectivity index (χ3v) is 4.71. The van der Waals surface area contributed by atoms with Crippen LogP contribution in [0.15, 0.2) is 29.1 Å². The molecule has 2 rings (SSSR count). The summed E-state index contributed by atoms with van der Waals surface area (Å²) < 4.78 is 1.45. The number of rotatable bonds is 9. The molecule has 0 unspecified atom stereocenters. The molecule has 2 N–H and O–H groups in total. The monoisotopic (exact) mass is 377 g/mol. The maximum Gasteiger partial charge on any atom is 0.274 e. The van der Waals surface area contributed by atoms with Gasteiger partial charge in [-0.25, -0.2) is 4.68 Å². The third-order valence-electron chi connectivity index (χ3n) is 4.07. The number of aliphatic hydroxyl groups is 1. The second-order valence-electron chi connectivity index (χ2n) is 6.78. The largest absolute Gasteiger partial charge is 0.394 e. The molecule has 7 heteroatoms. The number of benzene rings is 1. The molecule has 0 spiro atoms. The normalized spacial score (nSPS) is 12.5.